The number of carboxylic acids is 1. The second kappa shape index (κ2) is 12.1. The molecule has 0 fully saturated rings. The number of fused-ring (bicyclic) bond motifs is 2. The lowest BCUT2D eigenvalue weighted by Crippen LogP contribution is -2.34. The van der Waals surface area contributed by atoms with Gasteiger partial charge in [0.2, 0.25) is 0 Å². The minimum atomic E-state index is -1.25. The Morgan fingerprint density at radius 3 is 2.64 bits per heavy atom. The van der Waals surface area contributed by atoms with E-state index in [1.54, 1.807) is 0 Å². The van der Waals surface area contributed by atoms with Gasteiger partial charge in [0.05, 0.1) is 12.2 Å². The maximum Gasteiger partial charge on any atom is 0.337 e. The summed E-state index contributed by atoms with van der Waals surface area (Å²) in [7, 11) is 0. The predicted octanol–water partition coefficient (Wildman–Crippen LogP) is 7.07. The third-order valence-electron chi connectivity index (χ3n) is 8.50. The highest BCUT2D eigenvalue weighted by atomic mass is 19.1. The molecule has 3 heterocycles. The first-order valence-corrected chi connectivity index (χ1v) is 15.1. The lowest BCUT2D eigenvalue weighted by Gasteiger charge is -2.34. The molecule has 0 amide bonds. The van der Waals surface area contributed by atoms with Crippen molar-refractivity contribution in [2.45, 2.75) is 91.9 Å². The van der Waals surface area contributed by atoms with Crippen LogP contribution in [0.4, 0.5) is 4.39 Å². The quantitative estimate of drug-likeness (QED) is 0.310. The molecule has 5 rings (SSSR count). The van der Waals surface area contributed by atoms with Crippen molar-refractivity contribution >= 4 is 5.97 Å². The van der Waals surface area contributed by atoms with Gasteiger partial charge in [-0.25, -0.2) is 9.18 Å². The molecule has 1 N–H and O–H groups in total. The van der Waals surface area contributed by atoms with E-state index in [4.69, 9.17) is 14.5 Å². The van der Waals surface area contributed by atoms with Crippen LogP contribution in [0.15, 0.2) is 30.3 Å². The fourth-order valence-electron chi connectivity index (χ4n) is 6.47. The van der Waals surface area contributed by atoms with Gasteiger partial charge in [-0.3, -0.25) is 9.88 Å². The first-order chi connectivity index (χ1) is 19.9. The third-order valence-corrected chi connectivity index (χ3v) is 8.50. The zero-order valence-corrected chi connectivity index (χ0v) is 25.8. The highest BCUT2D eigenvalue weighted by Crippen LogP contribution is 2.44. The van der Waals surface area contributed by atoms with Crippen molar-refractivity contribution in [1.82, 2.24) is 9.88 Å². The number of halogens is 1. The van der Waals surface area contributed by atoms with Gasteiger partial charge in [0.1, 0.15) is 0 Å². The Kier molecular flexibility index (Phi) is 8.72. The Balaban J connectivity index is 1.61. The number of aliphatic carboxylic acids is 1. The van der Waals surface area contributed by atoms with E-state index >= 15 is 4.39 Å². The molecule has 2 aromatic carbocycles. The smallest absolute Gasteiger partial charge is 0.337 e. The van der Waals surface area contributed by atoms with Crippen LogP contribution in [0, 0.1) is 26.6 Å². The number of hydrogen-bond acceptors (Lipinski definition) is 5. The molecule has 224 valence electrons. The van der Waals surface area contributed by atoms with Crippen molar-refractivity contribution in [1.29, 1.82) is 0 Å². The van der Waals surface area contributed by atoms with E-state index in [9.17, 15) is 9.90 Å². The summed E-state index contributed by atoms with van der Waals surface area (Å²) in [5.41, 5.74) is 8.25. The normalized spacial score (nSPS) is 16.0. The standard InChI is InChI=1S/C35H43FN2O4/c1-21-11-7-8-12-24(21)13-9-16-38-17-15-29-27(20-38)31(26-19-28(36)32-25(22(26)2)14-10-18-41-32)30(23(3)37-29)33(34(39)40)42-35(4,5)6/h7-8,11-12,19,33H,9-10,13-18,20H2,1-6H3,(H,39,40). The average molecular weight is 575 g/mol. The molecule has 2 aliphatic rings. The van der Waals surface area contributed by atoms with E-state index in [1.807, 2.05) is 34.6 Å². The van der Waals surface area contributed by atoms with Gasteiger partial charge in [0, 0.05) is 42.0 Å². The SMILES string of the molecule is Cc1ccccc1CCCN1CCc2nc(C)c(C(OC(C)(C)C)C(=O)O)c(-c3cc(F)c4c(c3C)CCCO4)c2C1. The number of aromatic nitrogens is 1. The molecule has 0 spiro atoms. The van der Waals surface area contributed by atoms with Crippen LogP contribution in [-0.4, -0.2) is 46.3 Å². The molecule has 0 radical (unpaired) electrons. The number of carbonyl (C=O) groups is 1. The molecule has 0 saturated heterocycles. The van der Waals surface area contributed by atoms with Crippen LogP contribution in [0.1, 0.15) is 84.5 Å². The molecule has 2 aliphatic heterocycles. The van der Waals surface area contributed by atoms with E-state index in [2.05, 4.69) is 36.1 Å². The number of nitrogens with zero attached hydrogens (tertiary/aromatic N) is 2. The Morgan fingerprint density at radius 2 is 1.93 bits per heavy atom. The van der Waals surface area contributed by atoms with Crippen molar-refractivity contribution in [3.05, 3.63) is 80.9 Å². The van der Waals surface area contributed by atoms with Crippen LogP contribution in [0.2, 0.25) is 0 Å². The molecule has 42 heavy (non-hydrogen) atoms. The highest BCUT2D eigenvalue weighted by molar-refractivity contribution is 5.84. The Labute approximate surface area is 248 Å². The molecule has 0 saturated carbocycles. The second-order valence-electron chi connectivity index (χ2n) is 12.7. The molecule has 7 heteroatoms. The average Bonchev–Trinajstić information content (AvgIpc) is 2.94. The Bertz CT molecular complexity index is 1490. The fraction of sp³-hybridized carbons (Fsp3) is 0.486. The van der Waals surface area contributed by atoms with Gasteiger partial charge < -0.3 is 14.6 Å². The molecule has 0 aliphatic carbocycles. The molecular formula is C35H43FN2O4. The maximum absolute atomic E-state index is 15.6. The van der Waals surface area contributed by atoms with Crippen LogP contribution < -0.4 is 4.74 Å². The number of rotatable bonds is 8. The Morgan fingerprint density at radius 1 is 1.17 bits per heavy atom. The fourth-order valence-corrected chi connectivity index (χ4v) is 6.47. The molecule has 6 nitrogen and oxygen atoms in total. The van der Waals surface area contributed by atoms with Gasteiger partial charge in [-0.1, -0.05) is 24.3 Å². The summed E-state index contributed by atoms with van der Waals surface area (Å²) < 4.78 is 27.5. The summed E-state index contributed by atoms with van der Waals surface area (Å²) in [6.07, 6.45) is 3.05. The van der Waals surface area contributed by atoms with E-state index in [1.165, 1.54) is 17.2 Å². The lowest BCUT2D eigenvalue weighted by molar-refractivity contribution is -0.160. The Hall–Kier alpha value is -3.29. The largest absolute Gasteiger partial charge is 0.490 e. The van der Waals surface area contributed by atoms with E-state index < -0.39 is 23.5 Å². The molecule has 1 unspecified atom stereocenters. The zero-order valence-electron chi connectivity index (χ0n) is 25.8. The van der Waals surface area contributed by atoms with Crippen LogP contribution in [-0.2, 0) is 35.3 Å². The number of carboxylic acid groups (broad SMARTS) is 1. The monoisotopic (exact) mass is 574 g/mol. The summed E-state index contributed by atoms with van der Waals surface area (Å²) in [6, 6.07) is 10.0. The molecular weight excluding hydrogens is 531 g/mol. The van der Waals surface area contributed by atoms with Gasteiger partial charge >= 0.3 is 5.97 Å². The van der Waals surface area contributed by atoms with Crippen molar-refractivity contribution < 1.29 is 23.8 Å². The van der Waals surface area contributed by atoms with E-state index in [0.29, 0.717) is 35.7 Å². The molecule has 1 atom stereocenters. The second-order valence-corrected chi connectivity index (χ2v) is 12.7. The first-order valence-electron chi connectivity index (χ1n) is 15.1. The lowest BCUT2D eigenvalue weighted by atomic mass is 9.83. The minimum absolute atomic E-state index is 0.322. The highest BCUT2D eigenvalue weighted by Gasteiger charge is 2.36. The third kappa shape index (κ3) is 6.23. The predicted molar refractivity (Wildman–Crippen MR) is 163 cm³/mol. The van der Waals surface area contributed by atoms with Gasteiger partial charge in [-0.05, 0) is 113 Å². The number of hydrogen-bond donors (Lipinski definition) is 1. The van der Waals surface area contributed by atoms with Crippen molar-refractivity contribution in [2.75, 3.05) is 19.7 Å². The summed E-state index contributed by atoms with van der Waals surface area (Å²) in [5, 5.41) is 10.4. The van der Waals surface area contributed by atoms with Crippen molar-refractivity contribution in [3.8, 4) is 16.9 Å². The van der Waals surface area contributed by atoms with E-state index in [0.717, 1.165) is 73.1 Å². The van der Waals surface area contributed by atoms with Gasteiger partial charge in [-0.2, -0.15) is 0 Å². The number of aryl methyl sites for hydroxylation is 3. The first kappa shape index (κ1) is 30.2. The number of ether oxygens (including phenoxy) is 2. The van der Waals surface area contributed by atoms with Crippen LogP contribution in [0.25, 0.3) is 11.1 Å². The molecule has 1 aromatic heterocycles. The maximum atomic E-state index is 15.6. The number of benzene rings is 2. The summed E-state index contributed by atoms with van der Waals surface area (Å²) in [4.78, 5) is 20.2. The molecule has 0 bridgehead atoms. The summed E-state index contributed by atoms with van der Waals surface area (Å²) in [5.74, 6) is -1.17. The number of pyridine rings is 1. The van der Waals surface area contributed by atoms with Crippen LogP contribution >= 0.6 is 0 Å². The minimum Gasteiger partial charge on any atom is -0.490 e. The zero-order chi connectivity index (χ0) is 30.2. The molecule has 3 aromatic rings. The topological polar surface area (TPSA) is 71.9 Å². The van der Waals surface area contributed by atoms with Crippen molar-refractivity contribution in [3.63, 3.8) is 0 Å². The van der Waals surface area contributed by atoms with Crippen LogP contribution in [0.5, 0.6) is 5.75 Å². The summed E-state index contributed by atoms with van der Waals surface area (Å²) in [6.45, 7) is 14.4. The van der Waals surface area contributed by atoms with Gasteiger partial charge in [0.25, 0.3) is 0 Å². The van der Waals surface area contributed by atoms with Crippen molar-refractivity contribution in [2.24, 2.45) is 0 Å². The summed E-state index contributed by atoms with van der Waals surface area (Å²) >= 11 is 0. The van der Waals surface area contributed by atoms with Crippen LogP contribution in [0.3, 0.4) is 0 Å². The van der Waals surface area contributed by atoms with Gasteiger partial charge in [0.15, 0.2) is 17.7 Å². The van der Waals surface area contributed by atoms with Gasteiger partial charge in [-0.15, -0.1) is 0 Å². The van der Waals surface area contributed by atoms with E-state index in [-0.39, 0.29) is 0 Å².